The van der Waals surface area contributed by atoms with Gasteiger partial charge in [0.25, 0.3) is 5.91 Å². The van der Waals surface area contributed by atoms with E-state index in [0.29, 0.717) is 18.2 Å². The Balaban J connectivity index is 1.56. The first kappa shape index (κ1) is 18.4. The maximum absolute atomic E-state index is 12.5. The van der Waals surface area contributed by atoms with Crippen LogP contribution in [0.1, 0.15) is 69.6 Å². The molecule has 3 rings (SSSR count). The van der Waals surface area contributed by atoms with Crippen LogP contribution in [0, 0.1) is 0 Å². The summed E-state index contributed by atoms with van der Waals surface area (Å²) in [6.45, 7) is 13.9. The summed E-state index contributed by atoms with van der Waals surface area (Å²) in [5.41, 5.74) is 1.64. The van der Waals surface area contributed by atoms with E-state index in [1.807, 2.05) is 10.7 Å². The quantitative estimate of drug-likeness (QED) is 0.887. The Morgan fingerprint density at radius 1 is 1.28 bits per heavy atom. The molecule has 1 amide bonds. The van der Waals surface area contributed by atoms with Crippen molar-refractivity contribution in [2.75, 3.05) is 26.2 Å². The fourth-order valence-electron chi connectivity index (χ4n) is 3.60. The first-order valence-corrected chi connectivity index (χ1v) is 9.50. The average Bonchev–Trinajstić information content (AvgIpc) is 3.23. The van der Waals surface area contributed by atoms with Crippen LogP contribution in [0.2, 0.25) is 0 Å². The van der Waals surface area contributed by atoms with E-state index in [4.69, 9.17) is 4.74 Å². The Bertz CT molecular complexity index is 605. The molecule has 2 heterocycles. The third kappa shape index (κ3) is 4.61. The fourth-order valence-corrected chi connectivity index (χ4v) is 3.60. The van der Waals surface area contributed by atoms with Gasteiger partial charge in [-0.15, -0.1) is 0 Å². The summed E-state index contributed by atoms with van der Waals surface area (Å²) in [6.07, 6.45) is 2.91. The highest BCUT2D eigenvalue weighted by Gasteiger charge is 2.32. The lowest BCUT2D eigenvalue weighted by Crippen LogP contribution is -2.47. The van der Waals surface area contributed by atoms with Crippen LogP contribution in [0.3, 0.4) is 0 Å². The first-order valence-electron chi connectivity index (χ1n) is 9.50. The zero-order valence-corrected chi connectivity index (χ0v) is 16.2. The zero-order chi connectivity index (χ0) is 18.2. The molecule has 1 aromatic heterocycles. The summed E-state index contributed by atoms with van der Waals surface area (Å²) in [7, 11) is 0. The Hall–Kier alpha value is -1.40. The topological polar surface area (TPSA) is 59.4 Å². The highest BCUT2D eigenvalue weighted by Crippen LogP contribution is 2.41. The van der Waals surface area contributed by atoms with E-state index in [0.717, 1.165) is 19.6 Å². The van der Waals surface area contributed by atoms with Gasteiger partial charge >= 0.3 is 0 Å². The normalized spacial score (nSPS) is 25.2. The van der Waals surface area contributed by atoms with E-state index in [1.165, 1.54) is 18.5 Å². The molecule has 0 spiro atoms. The fraction of sp³-hybridized carbons (Fsp3) is 0.789. The summed E-state index contributed by atoms with van der Waals surface area (Å²) in [5.74, 6) is 0.504. The predicted octanol–water partition coefficient (Wildman–Crippen LogP) is 2.35. The van der Waals surface area contributed by atoms with Gasteiger partial charge in [-0.2, -0.15) is 5.10 Å². The van der Waals surface area contributed by atoms with E-state index < -0.39 is 0 Å². The van der Waals surface area contributed by atoms with Crippen molar-refractivity contribution in [1.29, 1.82) is 0 Å². The van der Waals surface area contributed by atoms with Gasteiger partial charge in [-0.25, -0.2) is 0 Å². The maximum Gasteiger partial charge on any atom is 0.271 e. The van der Waals surface area contributed by atoms with Crippen LogP contribution in [-0.4, -0.2) is 59.0 Å². The van der Waals surface area contributed by atoms with Gasteiger partial charge in [0.1, 0.15) is 5.69 Å². The smallest absolute Gasteiger partial charge is 0.271 e. The highest BCUT2D eigenvalue weighted by molar-refractivity contribution is 5.92. The molecule has 140 valence electrons. The SMILES string of the molecule is C[C@@H]1CN(CCNC(=O)c2cc(C3CC3)n(C(C)(C)C)n2)C[C@@H](C)O1. The minimum atomic E-state index is -0.101. The van der Waals surface area contributed by atoms with E-state index in [1.54, 1.807) is 0 Å². The second kappa shape index (κ2) is 7.08. The number of amides is 1. The predicted molar refractivity (Wildman–Crippen MR) is 98.0 cm³/mol. The molecule has 1 N–H and O–H groups in total. The standard InChI is InChI=1S/C19H32N4O2/c1-13-11-22(12-14(2)25-13)9-8-20-18(24)16-10-17(15-6-7-15)23(21-16)19(3,4)5/h10,13-15H,6-9,11-12H2,1-5H3,(H,20,24)/t13-,14-/m1/s1. The maximum atomic E-state index is 12.5. The number of carbonyl (C=O) groups is 1. The summed E-state index contributed by atoms with van der Waals surface area (Å²) in [5, 5.41) is 7.63. The van der Waals surface area contributed by atoms with Gasteiger partial charge in [-0.05, 0) is 53.5 Å². The molecule has 1 saturated heterocycles. The molecule has 0 radical (unpaired) electrons. The van der Waals surface area contributed by atoms with Crippen LogP contribution in [0.25, 0.3) is 0 Å². The molecule has 2 aliphatic rings. The number of carbonyl (C=O) groups excluding carboxylic acids is 1. The van der Waals surface area contributed by atoms with Crippen LogP contribution in [0.4, 0.5) is 0 Å². The van der Waals surface area contributed by atoms with Gasteiger partial charge in [-0.1, -0.05) is 0 Å². The molecule has 1 aromatic rings. The van der Waals surface area contributed by atoms with Crippen LogP contribution < -0.4 is 5.32 Å². The Morgan fingerprint density at radius 3 is 2.48 bits per heavy atom. The summed E-state index contributed by atoms with van der Waals surface area (Å²) in [4.78, 5) is 14.9. The third-order valence-corrected chi connectivity index (χ3v) is 4.81. The van der Waals surface area contributed by atoms with Crippen molar-refractivity contribution in [3.8, 4) is 0 Å². The molecule has 6 nitrogen and oxygen atoms in total. The van der Waals surface area contributed by atoms with Crippen molar-refractivity contribution in [3.63, 3.8) is 0 Å². The largest absolute Gasteiger partial charge is 0.373 e. The number of hydrogen-bond donors (Lipinski definition) is 1. The molecule has 6 heteroatoms. The van der Waals surface area contributed by atoms with Crippen molar-refractivity contribution in [2.24, 2.45) is 0 Å². The van der Waals surface area contributed by atoms with Gasteiger partial charge in [0.05, 0.1) is 17.7 Å². The molecule has 2 fully saturated rings. The number of nitrogens with zero attached hydrogens (tertiary/aromatic N) is 3. The minimum Gasteiger partial charge on any atom is -0.373 e. The number of ether oxygens (including phenoxy) is 1. The summed E-state index contributed by atoms with van der Waals surface area (Å²) < 4.78 is 7.78. The molecule has 0 unspecified atom stereocenters. The van der Waals surface area contributed by atoms with Crippen LogP contribution in [0.15, 0.2) is 6.07 Å². The molecule has 2 atom stereocenters. The molecule has 1 aliphatic heterocycles. The van der Waals surface area contributed by atoms with Crippen LogP contribution in [-0.2, 0) is 10.3 Å². The molecular formula is C19H32N4O2. The molecule has 0 aromatic carbocycles. The lowest BCUT2D eigenvalue weighted by Gasteiger charge is -2.35. The van der Waals surface area contributed by atoms with Crippen molar-refractivity contribution in [1.82, 2.24) is 20.0 Å². The number of hydrogen-bond acceptors (Lipinski definition) is 4. The number of aromatic nitrogens is 2. The van der Waals surface area contributed by atoms with Crippen LogP contribution >= 0.6 is 0 Å². The highest BCUT2D eigenvalue weighted by atomic mass is 16.5. The van der Waals surface area contributed by atoms with Crippen LogP contribution in [0.5, 0.6) is 0 Å². The lowest BCUT2D eigenvalue weighted by atomic mass is 10.1. The van der Waals surface area contributed by atoms with E-state index >= 15 is 0 Å². The van der Waals surface area contributed by atoms with Crippen molar-refractivity contribution in [2.45, 2.75) is 71.1 Å². The van der Waals surface area contributed by atoms with Gasteiger partial charge < -0.3 is 10.1 Å². The number of morpholine rings is 1. The van der Waals surface area contributed by atoms with Gasteiger partial charge in [0, 0.05) is 37.8 Å². The molecular weight excluding hydrogens is 316 g/mol. The van der Waals surface area contributed by atoms with Crippen molar-refractivity contribution in [3.05, 3.63) is 17.5 Å². The van der Waals surface area contributed by atoms with E-state index in [-0.39, 0.29) is 23.7 Å². The third-order valence-electron chi connectivity index (χ3n) is 4.81. The van der Waals surface area contributed by atoms with E-state index in [2.05, 4.69) is 49.9 Å². The molecule has 1 aliphatic carbocycles. The zero-order valence-electron chi connectivity index (χ0n) is 16.2. The Labute approximate surface area is 150 Å². The lowest BCUT2D eigenvalue weighted by molar-refractivity contribution is -0.0672. The Kier molecular flexibility index (Phi) is 5.21. The monoisotopic (exact) mass is 348 g/mol. The first-order chi connectivity index (χ1) is 11.7. The van der Waals surface area contributed by atoms with Gasteiger partial charge in [0.15, 0.2) is 0 Å². The average molecular weight is 348 g/mol. The summed E-state index contributed by atoms with van der Waals surface area (Å²) >= 11 is 0. The molecule has 0 bridgehead atoms. The van der Waals surface area contributed by atoms with E-state index in [9.17, 15) is 4.79 Å². The van der Waals surface area contributed by atoms with Crippen molar-refractivity contribution >= 4 is 5.91 Å². The second-order valence-electron chi connectivity index (χ2n) is 8.58. The summed E-state index contributed by atoms with van der Waals surface area (Å²) in [6, 6.07) is 1.98. The van der Waals surface area contributed by atoms with Crippen molar-refractivity contribution < 1.29 is 9.53 Å². The second-order valence-corrected chi connectivity index (χ2v) is 8.58. The van der Waals surface area contributed by atoms with Gasteiger partial charge in [0.2, 0.25) is 0 Å². The minimum absolute atomic E-state index is 0.0701. The number of nitrogens with one attached hydrogen (secondary N) is 1. The molecule has 1 saturated carbocycles. The van der Waals surface area contributed by atoms with Gasteiger partial charge in [-0.3, -0.25) is 14.4 Å². The number of rotatable bonds is 5. The Morgan fingerprint density at radius 2 is 1.92 bits per heavy atom. The molecule has 25 heavy (non-hydrogen) atoms.